The summed E-state index contributed by atoms with van der Waals surface area (Å²) in [5.74, 6) is -2.20. The van der Waals surface area contributed by atoms with E-state index in [4.69, 9.17) is 9.84 Å². The van der Waals surface area contributed by atoms with E-state index in [0.29, 0.717) is 0 Å². The number of carbonyl (C=O) groups excluding carboxylic acids is 1. The van der Waals surface area contributed by atoms with Crippen molar-refractivity contribution in [3.63, 3.8) is 0 Å². The Hall–Kier alpha value is -2.11. The highest BCUT2D eigenvalue weighted by Crippen LogP contribution is 2.18. The van der Waals surface area contributed by atoms with E-state index in [-0.39, 0.29) is 11.8 Å². The summed E-state index contributed by atoms with van der Waals surface area (Å²) in [7, 11) is 0. The maximum atomic E-state index is 13.4. The van der Waals surface area contributed by atoms with Gasteiger partial charge in [0.2, 0.25) is 0 Å². The Kier molecular flexibility index (Phi) is 5.49. The van der Waals surface area contributed by atoms with Crippen LogP contribution in [0.1, 0.15) is 20.8 Å². The molecule has 0 saturated carbocycles. The lowest BCUT2D eigenvalue weighted by molar-refractivity contribution is -0.149. The van der Waals surface area contributed by atoms with Gasteiger partial charge < -0.3 is 14.7 Å². The van der Waals surface area contributed by atoms with Crippen molar-refractivity contribution in [1.82, 2.24) is 4.90 Å². The highest BCUT2D eigenvalue weighted by molar-refractivity contribution is 5.84. The van der Waals surface area contributed by atoms with Crippen LogP contribution in [0, 0.1) is 5.82 Å². The van der Waals surface area contributed by atoms with Gasteiger partial charge in [-0.1, -0.05) is 12.1 Å². The Morgan fingerprint density at radius 2 is 1.90 bits per heavy atom. The van der Waals surface area contributed by atoms with Gasteiger partial charge in [0.25, 0.3) is 5.91 Å². The minimum absolute atomic E-state index is 0.0348. The maximum absolute atomic E-state index is 13.4. The molecule has 1 aromatic rings. The van der Waals surface area contributed by atoms with Gasteiger partial charge >= 0.3 is 5.97 Å². The van der Waals surface area contributed by atoms with Crippen molar-refractivity contribution in [3.05, 3.63) is 30.1 Å². The van der Waals surface area contributed by atoms with E-state index in [1.165, 1.54) is 30.0 Å². The first-order valence-corrected chi connectivity index (χ1v) is 6.26. The molecule has 0 fully saturated rings. The molecule has 0 bridgehead atoms. The Labute approximate surface area is 117 Å². The van der Waals surface area contributed by atoms with Gasteiger partial charge in [-0.15, -0.1) is 0 Å². The summed E-state index contributed by atoms with van der Waals surface area (Å²) in [6.07, 6.45) is -0.964. The van der Waals surface area contributed by atoms with E-state index in [0.717, 1.165) is 0 Å². The van der Waals surface area contributed by atoms with Crippen molar-refractivity contribution in [1.29, 1.82) is 0 Å². The van der Waals surface area contributed by atoms with Gasteiger partial charge in [-0.3, -0.25) is 9.59 Å². The molecule has 1 aromatic carbocycles. The molecule has 1 atom stereocenters. The van der Waals surface area contributed by atoms with Crippen molar-refractivity contribution in [2.45, 2.75) is 32.9 Å². The molecule has 20 heavy (non-hydrogen) atoms. The smallest absolute Gasteiger partial charge is 0.323 e. The van der Waals surface area contributed by atoms with Crippen LogP contribution in [0.25, 0.3) is 0 Å². The van der Waals surface area contributed by atoms with E-state index in [2.05, 4.69) is 0 Å². The first-order chi connectivity index (χ1) is 9.32. The number of nitrogens with zero attached hydrogens (tertiary/aromatic N) is 1. The molecule has 0 aliphatic heterocycles. The standard InChI is InChI=1S/C14H18FNO4/c1-9(2)16(8-13(17)18)14(19)10(3)20-12-7-5-4-6-11(12)15/h4-7,9-10H,8H2,1-3H3,(H,17,18). The van der Waals surface area contributed by atoms with Gasteiger partial charge in [-0.2, -0.15) is 0 Å². The third-order valence-electron chi connectivity index (χ3n) is 2.70. The lowest BCUT2D eigenvalue weighted by atomic mass is 10.2. The third-order valence-corrected chi connectivity index (χ3v) is 2.70. The van der Waals surface area contributed by atoms with Gasteiger partial charge in [0, 0.05) is 6.04 Å². The van der Waals surface area contributed by atoms with Crippen molar-refractivity contribution in [2.24, 2.45) is 0 Å². The van der Waals surface area contributed by atoms with E-state index < -0.39 is 30.3 Å². The van der Waals surface area contributed by atoms with Crippen LogP contribution in [-0.2, 0) is 9.59 Å². The molecule has 6 heteroatoms. The number of carboxylic acids is 1. The number of aliphatic carboxylic acids is 1. The fourth-order valence-corrected chi connectivity index (χ4v) is 1.68. The lowest BCUT2D eigenvalue weighted by Crippen LogP contribution is -2.46. The lowest BCUT2D eigenvalue weighted by Gasteiger charge is -2.28. The third kappa shape index (κ3) is 4.22. The number of ether oxygens (including phenoxy) is 1. The summed E-state index contributed by atoms with van der Waals surface area (Å²) in [6.45, 7) is 4.46. The zero-order valence-electron chi connectivity index (χ0n) is 11.7. The minimum atomic E-state index is -1.11. The van der Waals surface area contributed by atoms with Crippen LogP contribution < -0.4 is 4.74 Å². The van der Waals surface area contributed by atoms with E-state index in [1.54, 1.807) is 19.9 Å². The van der Waals surface area contributed by atoms with Gasteiger partial charge in [-0.05, 0) is 32.9 Å². The van der Waals surface area contributed by atoms with Crippen molar-refractivity contribution in [3.8, 4) is 5.75 Å². The molecule has 0 aliphatic rings. The summed E-state index contributed by atoms with van der Waals surface area (Å²) in [5, 5.41) is 8.80. The number of carbonyl (C=O) groups is 2. The van der Waals surface area contributed by atoms with Gasteiger partial charge in [0.15, 0.2) is 17.7 Å². The molecule has 110 valence electrons. The molecule has 0 spiro atoms. The second-order valence-electron chi connectivity index (χ2n) is 4.64. The average Bonchev–Trinajstić information content (AvgIpc) is 2.37. The Morgan fingerprint density at radius 1 is 1.30 bits per heavy atom. The molecule has 1 rings (SSSR count). The quantitative estimate of drug-likeness (QED) is 0.866. The fraction of sp³-hybridized carbons (Fsp3) is 0.429. The summed E-state index contributed by atoms with van der Waals surface area (Å²) in [6, 6.07) is 5.46. The van der Waals surface area contributed by atoms with Crippen molar-refractivity contribution < 1.29 is 23.8 Å². The zero-order valence-corrected chi connectivity index (χ0v) is 11.7. The first kappa shape index (κ1) is 15.9. The van der Waals surface area contributed by atoms with Crippen LogP contribution in [-0.4, -0.2) is 40.6 Å². The maximum Gasteiger partial charge on any atom is 0.323 e. The summed E-state index contributed by atoms with van der Waals surface area (Å²) >= 11 is 0. The second-order valence-corrected chi connectivity index (χ2v) is 4.64. The zero-order chi connectivity index (χ0) is 15.3. The average molecular weight is 283 g/mol. The number of para-hydroxylation sites is 1. The predicted octanol–water partition coefficient (Wildman–Crippen LogP) is 1.91. The summed E-state index contributed by atoms with van der Waals surface area (Å²) in [5.41, 5.74) is 0. The molecule has 5 nitrogen and oxygen atoms in total. The highest BCUT2D eigenvalue weighted by atomic mass is 19.1. The number of halogens is 1. The summed E-state index contributed by atoms with van der Waals surface area (Å²) < 4.78 is 18.7. The largest absolute Gasteiger partial charge is 0.480 e. The molecule has 0 aliphatic carbocycles. The summed E-state index contributed by atoms with van der Waals surface area (Å²) in [4.78, 5) is 24.1. The Balaban J connectivity index is 2.79. The van der Waals surface area contributed by atoms with Crippen LogP contribution >= 0.6 is 0 Å². The number of rotatable bonds is 6. The van der Waals surface area contributed by atoms with Crippen LogP contribution in [0.2, 0.25) is 0 Å². The van der Waals surface area contributed by atoms with Gasteiger partial charge in [0.05, 0.1) is 0 Å². The van der Waals surface area contributed by atoms with Crippen LogP contribution in [0.4, 0.5) is 4.39 Å². The van der Waals surface area contributed by atoms with Crippen LogP contribution in [0.5, 0.6) is 5.75 Å². The molecular formula is C14H18FNO4. The number of amides is 1. The number of benzene rings is 1. The Bertz CT molecular complexity index is 490. The predicted molar refractivity (Wildman–Crippen MR) is 71.0 cm³/mol. The van der Waals surface area contributed by atoms with E-state index in [9.17, 15) is 14.0 Å². The fourth-order valence-electron chi connectivity index (χ4n) is 1.68. The van der Waals surface area contributed by atoms with E-state index >= 15 is 0 Å². The van der Waals surface area contributed by atoms with Gasteiger partial charge in [0.1, 0.15) is 6.54 Å². The van der Waals surface area contributed by atoms with Crippen LogP contribution in [0.3, 0.4) is 0 Å². The topological polar surface area (TPSA) is 66.8 Å². The number of carboxylic acid groups (broad SMARTS) is 1. The first-order valence-electron chi connectivity index (χ1n) is 6.26. The van der Waals surface area contributed by atoms with Crippen molar-refractivity contribution >= 4 is 11.9 Å². The number of hydrogen-bond acceptors (Lipinski definition) is 3. The molecule has 0 aromatic heterocycles. The normalized spacial score (nSPS) is 12.1. The SMILES string of the molecule is CC(Oc1ccccc1F)C(=O)N(CC(=O)O)C(C)C. The minimum Gasteiger partial charge on any atom is -0.480 e. The molecular weight excluding hydrogens is 265 g/mol. The number of hydrogen-bond donors (Lipinski definition) is 1. The molecule has 1 N–H and O–H groups in total. The molecule has 0 heterocycles. The molecule has 1 amide bonds. The van der Waals surface area contributed by atoms with Crippen molar-refractivity contribution in [2.75, 3.05) is 6.54 Å². The van der Waals surface area contributed by atoms with E-state index in [1.807, 2.05) is 0 Å². The second kappa shape index (κ2) is 6.88. The molecule has 0 radical (unpaired) electrons. The molecule has 0 saturated heterocycles. The monoisotopic (exact) mass is 283 g/mol. The molecule has 1 unspecified atom stereocenters. The Morgan fingerprint density at radius 3 is 2.40 bits per heavy atom. The van der Waals surface area contributed by atoms with Gasteiger partial charge in [-0.25, -0.2) is 4.39 Å². The highest BCUT2D eigenvalue weighted by Gasteiger charge is 2.26. The van der Waals surface area contributed by atoms with Crippen LogP contribution in [0.15, 0.2) is 24.3 Å².